The zero-order valence-electron chi connectivity index (χ0n) is 16.0. The fourth-order valence-corrected chi connectivity index (χ4v) is 4.41. The van der Waals surface area contributed by atoms with Crippen LogP contribution >= 0.6 is 23.4 Å². The second-order valence-electron chi connectivity index (χ2n) is 6.52. The third-order valence-electron chi connectivity index (χ3n) is 4.85. The maximum Gasteiger partial charge on any atom is 0.251 e. The summed E-state index contributed by atoms with van der Waals surface area (Å²) < 4.78 is 0. The molecule has 1 aliphatic rings. The van der Waals surface area contributed by atoms with Gasteiger partial charge >= 0.3 is 0 Å². The van der Waals surface area contributed by atoms with Gasteiger partial charge in [-0.05, 0) is 42.9 Å². The number of benzene rings is 2. The van der Waals surface area contributed by atoms with Crippen molar-refractivity contribution >= 4 is 40.9 Å². The van der Waals surface area contributed by atoms with Crippen LogP contribution in [0.25, 0.3) is 0 Å². The fourth-order valence-electron chi connectivity index (χ4n) is 3.36. The average Bonchev–Trinajstić information content (AvgIpc) is 2.71. The molecule has 2 amide bonds. The topological polar surface area (TPSA) is 61.4 Å². The van der Waals surface area contributed by atoms with Crippen molar-refractivity contribution in [3.63, 3.8) is 0 Å². The molecule has 2 aromatic rings. The molecule has 0 radical (unpaired) electrons. The molecule has 0 bridgehead atoms. The van der Waals surface area contributed by atoms with E-state index in [1.807, 2.05) is 30.3 Å². The standard InChI is InChI=1S/C21H24ClN3O2S/c1-3-25(4-2)18(15-7-5-6-8-16(15)22)12-23-21(27)14-9-10-19-17(11-14)24-20(26)13-28-19/h5-11,18H,3-4,12-13H2,1-2H3,(H,23,27)(H,24,26)/t18-/m0/s1. The largest absolute Gasteiger partial charge is 0.350 e. The van der Waals surface area contributed by atoms with Gasteiger partial charge in [-0.2, -0.15) is 0 Å². The van der Waals surface area contributed by atoms with Crippen LogP contribution in [0.4, 0.5) is 5.69 Å². The smallest absolute Gasteiger partial charge is 0.251 e. The molecule has 5 nitrogen and oxygen atoms in total. The van der Waals surface area contributed by atoms with Crippen molar-refractivity contribution in [2.75, 3.05) is 30.7 Å². The molecule has 0 aliphatic carbocycles. The minimum Gasteiger partial charge on any atom is -0.350 e. The molecule has 0 saturated heterocycles. The lowest BCUT2D eigenvalue weighted by Gasteiger charge is -2.31. The number of thioether (sulfide) groups is 1. The summed E-state index contributed by atoms with van der Waals surface area (Å²) in [5.41, 5.74) is 2.22. The lowest BCUT2D eigenvalue weighted by atomic mass is 10.0. The number of halogens is 1. The Kier molecular flexibility index (Phi) is 6.99. The zero-order valence-corrected chi connectivity index (χ0v) is 17.6. The highest BCUT2D eigenvalue weighted by Gasteiger charge is 2.22. The first-order valence-electron chi connectivity index (χ1n) is 9.36. The maximum absolute atomic E-state index is 12.7. The highest BCUT2D eigenvalue weighted by Crippen LogP contribution is 2.32. The summed E-state index contributed by atoms with van der Waals surface area (Å²) in [6.45, 7) is 6.34. The number of likely N-dealkylation sites (N-methyl/N-ethyl adjacent to an activating group) is 1. The van der Waals surface area contributed by atoms with Gasteiger partial charge in [0.15, 0.2) is 0 Å². The molecule has 28 heavy (non-hydrogen) atoms. The van der Waals surface area contributed by atoms with Gasteiger partial charge in [0.2, 0.25) is 5.91 Å². The molecule has 3 rings (SSSR count). The number of anilines is 1. The molecule has 0 fully saturated rings. The summed E-state index contributed by atoms with van der Waals surface area (Å²) in [5, 5.41) is 6.55. The van der Waals surface area contributed by atoms with E-state index in [1.54, 1.807) is 12.1 Å². The molecular formula is C21H24ClN3O2S. The molecule has 0 aromatic heterocycles. The van der Waals surface area contributed by atoms with Crippen LogP contribution < -0.4 is 10.6 Å². The summed E-state index contributed by atoms with van der Waals surface area (Å²) >= 11 is 7.90. The number of hydrogen-bond acceptors (Lipinski definition) is 4. The molecule has 1 atom stereocenters. The monoisotopic (exact) mass is 417 g/mol. The second-order valence-corrected chi connectivity index (χ2v) is 7.94. The molecule has 0 unspecified atom stereocenters. The highest BCUT2D eigenvalue weighted by molar-refractivity contribution is 8.00. The molecule has 0 saturated carbocycles. The number of hydrogen-bond donors (Lipinski definition) is 2. The number of fused-ring (bicyclic) bond motifs is 1. The van der Waals surface area contributed by atoms with Gasteiger partial charge in [-0.3, -0.25) is 14.5 Å². The van der Waals surface area contributed by atoms with E-state index in [0.717, 1.165) is 23.5 Å². The summed E-state index contributed by atoms with van der Waals surface area (Å²) in [7, 11) is 0. The Morgan fingerprint density at radius 3 is 2.71 bits per heavy atom. The molecule has 148 valence electrons. The molecule has 2 aromatic carbocycles. The van der Waals surface area contributed by atoms with Gasteiger partial charge < -0.3 is 10.6 Å². The number of carbonyl (C=O) groups is 2. The Morgan fingerprint density at radius 1 is 1.25 bits per heavy atom. The third-order valence-corrected chi connectivity index (χ3v) is 6.27. The van der Waals surface area contributed by atoms with Crippen LogP contribution in [0.15, 0.2) is 47.4 Å². The van der Waals surface area contributed by atoms with Crippen molar-refractivity contribution in [1.82, 2.24) is 10.2 Å². The van der Waals surface area contributed by atoms with E-state index in [1.165, 1.54) is 11.8 Å². The van der Waals surface area contributed by atoms with Crippen molar-refractivity contribution in [2.45, 2.75) is 24.8 Å². The Bertz CT molecular complexity index is 870. The number of nitrogens with zero attached hydrogens (tertiary/aromatic N) is 1. The summed E-state index contributed by atoms with van der Waals surface area (Å²) in [4.78, 5) is 27.6. The fraction of sp³-hybridized carbons (Fsp3) is 0.333. The van der Waals surface area contributed by atoms with E-state index < -0.39 is 0 Å². The first-order chi connectivity index (χ1) is 13.5. The van der Waals surface area contributed by atoms with Crippen LogP contribution in [0, 0.1) is 0 Å². The molecule has 1 heterocycles. The van der Waals surface area contributed by atoms with Gasteiger partial charge in [0.1, 0.15) is 0 Å². The number of rotatable bonds is 7. The number of nitrogens with one attached hydrogen (secondary N) is 2. The minimum atomic E-state index is -0.170. The van der Waals surface area contributed by atoms with Crippen molar-refractivity contribution in [3.05, 3.63) is 58.6 Å². The zero-order chi connectivity index (χ0) is 20.1. The predicted molar refractivity (Wildman–Crippen MR) is 115 cm³/mol. The SMILES string of the molecule is CCN(CC)[C@@H](CNC(=O)c1ccc2c(c1)NC(=O)CS2)c1ccccc1Cl. The Hall–Kier alpha value is -2.02. The molecule has 7 heteroatoms. The van der Waals surface area contributed by atoms with E-state index in [9.17, 15) is 9.59 Å². The Labute approximate surface area is 174 Å². The minimum absolute atomic E-state index is 0.0134. The number of amides is 2. The normalized spacial score (nSPS) is 14.4. The maximum atomic E-state index is 12.7. The molecular weight excluding hydrogens is 394 g/mol. The van der Waals surface area contributed by atoms with Crippen LogP contribution in [0.1, 0.15) is 35.8 Å². The Balaban J connectivity index is 1.76. The second kappa shape index (κ2) is 9.45. The molecule has 1 aliphatic heterocycles. The first kappa shape index (κ1) is 20.7. The lowest BCUT2D eigenvalue weighted by molar-refractivity contribution is -0.113. The summed E-state index contributed by atoms with van der Waals surface area (Å²) in [6, 6.07) is 13.1. The molecule has 0 spiro atoms. The van der Waals surface area contributed by atoms with Crippen molar-refractivity contribution in [2.24, 2.45) is 0 Å². The van der Waals surface area contributed by atoms with Gasteiger partial charge in [-0.25, -0.2) is 0 Å². The Morgan fingerprint density at radius 2 is 2.00 bits per heavy atom. The van der Waals surface area contributed by atoms with Crippen LogP contribution in [-0.2, 0) is 4.79 Å². The third kappa shape index (κ3) is 4.69. The lowest BCUT2D eigenvalue weighted by Crippen LogP contribution is -2.38. The van der Waals surface area contributed by atoms with Gasteiger partial charge in [0.25, 0.3) is 5.91 Å². The van der Waals surface area contributed by atoms with Gasteiger partial charge in [0.05, 0.1) is 17.5 Å². The van der Waals surface area contributed by atoms with Crippen LogP contribution in [0.2, 0.25) is 5.02 Å². The van der Waals surface area contributed by atoms with Gasteiger partial charge in [-0.15, -0.1) is 11.8 Å². The first-order valence-corrected chi connectivity index (χ1v) is 10.7. The van der Waals surface area contributed by atoms with E-state index >= 15 is 0 Å². The average molecular weight is 418 g/mol. The van der Waals surface area contributed by atoms with E-state index in [4.69, 9.17) is 11.6 Å². The predicted octanol–water partition coefficient (Wildman–Crippen LogP) is 4.20. The van der Waals surface area contributed by atoms with E-state index in [0.29, 0.717) is 28.6 Å². The van der Waals surface area contributed by atoms with Crippen LogP contribution in [0.5, 0.6) is 0 Å². The van der Waals surface area contributed by atoms with Gasteiger partial charge in [-0.1, -0.05) is 43.6 Å². The van der Waals surface area contributed by atoms with Crippen LogP contribution in [0.3, 0.4) is 0 Å². The van der Waals surface area contributed by atoms with E-state index in [2.05, 4.69) is 29.4 Å². The van der Waals surface area contributed by atoms with E-state index in [-0.39, 0.29) is 17.9 Å². The van der Waals surface area contributed by atoms with Crippen molar-refractivity contribution in [3.8, 4) is 0 Å². The van der Waals surface area contributed by atoms with Crippen molar-refractivity contribution < 1.29 is 9.59 Å². The number of carbonyl (C=O) groups excluding carboxylic acids is 2. The highest BCUT2D eigenvalue weighted by atomic mass is 35.5. The molecule has 2 N–H and O–H groups in total. The summed E-state index contributed by atoms with van der Waals surface area (Å²) in [6.07, 6.45) is 0. The van der Waals surface area contributed by atoms with Crippen molar-refractivity contribution in [1.29, 1.82) is 0 Å². The van der Waals surface area contributed by atoms with Gasteiger partial charge in [0, 0.05) is 22.0 Å². The quantitative estimate of drug-likeness (QED) is 0.708. The van der Waals surface area contributed by atoms with Crippen LogP contribution in [-0.4, -0.2) is 42.1 Å². The summed E-state index contributed by atoms with van der Waals surface area (Å²) in [5.74, 6) is 0.189.